The molecular weight excluding hydrogens is 336 g/mol. The summed E-state index contributed by atoms with van der Waals surface area (Å²) >= 11 is 0.910. The minimum absolute atomic E-state index is 0.337. The maximum Gasteiger partial charge on any atom is 0.290 e. The lowest BCUT2D eigenvalue weighted by Gasteiger charge is -2.07. The molecule has 3 rings (SSSR count). The van der Waals surface area contributed by atoms with Crippen molar-refractivity contribution in [3.8, 4) is 5.75 Å². The van der Waals surface area contributed by atoms with Gasteiger partial charge in [0.2, 0.25) is 0 Å². The second-order valence-corrected chi connectivity index (χ2v) is 6.81. The first-order valence-corrected chi connectivity index (χ1v) is 8.73. The van der Waals surface area contributed by atoms with Crippen molar-refractivity contribution in [3.63, 3.8) is 0 Å². The molecule has 1 N–H and O–H groups in total. The lowest BCUT2D eigenvalue weighted by Crippen LogP contribution is -2.17. The number of hydrogen-bond donors (Lipinski definition) is 1. The molecule has 0 unspecified atom stereocenters. The summed E-state index contributed by atoms with van der Waals surface area (Å²) in [6, 6.07) is 11.5. The van der Waals surface area contributed by atoms with Gasteiger partial charge >= 0.3 is 0 Å². The highest BCUT2D eigenvalue weighted by molar-refractivity contribution is 8.18. The fraction of sp³-hybridized carbons (Fsp3) is 0.211. The number of nitrogens with one attached hydrogen (secondary N) is 1. The molecule has 1 aromatic carbocycles. The molecule has 6 heteroatoms. The van der Waals surface area contributed by atoms with Crippen LogP contribution in [0, 0.1) is 13.8 Å². The van der Waals surface area contributed by atoms with Gasteiger partial charge in [-0.05, 0) is 67.1 Å². The Morgan fingerprint density at radius 3 is 2.56 bits per heavy atom. The molecule has 25 heavy (non-hydrogen) atoms. The maximum atomic E-state index is 11.5. The molecule has 2 amide bonds. The first-order chi connectivity index (χ1) is 12.0. The van der Waals surface area contributed by atoms with Crippen molar-refractivity contribution < 1.29 is 14.3 Å². The lowest BCUT2D eigenvalue weighted by atomic mass is 10.2. The molecule has 0 radical (unpaired) electrons. The minimum Gasteiger partial charge on any atom is -0.493 e. The monoisotopic (exact) mass is 354 g/mol. The van der Waals surface area contributed by atoms with Gasteiger partial charge in [-0.3, -0.25) is 19.9 Å². The molecule has 2 heterocycles. The number of imide groups is 1. The van der Waals surface area contributed by atoms with Crippen LogP contribution in [0.25, 0.3) is 6.08 Å². The van der Waals surface area contributed by atoms with Crippen LogP contribution >= 0.6 is 11.8 Å². The molecule has 2 aromatic rings. The van der Waals surface area contributed by atoms with Crippen LogP contribution in [0.1, 0.15) is 22.5 Å². The molecule has 1 saturated heterocycles. The number of pyridine rings is 1. The fourth-order valence-electron chi connectivity index (χ4n) is 2.56. The molecule has 1 aromatic heterocycles. The Morgan fingerprint density at radius 1 is 1.16 bits per heavy atom. The van der Waals surface area contributed by atoms with E-state index in [-0.39, 0.29) is 11.1 Å². The highest BCUT2D eigenvalue weighted by Crippen LogP contribution is 2.26. The number of carbonyl (C=O) groups is 2. The summed E-state index contributed by atoms with van der Waals surface area (Å²) in [4.78, 5) is 27.6. The first-order valence-electron chi connectivity index (χ1n) is 7.91. The maximum absolute atomic E-state index is 11.5. The molecular formula is C19H18N2O3S. The Kier molecular flexibility index (Phi) is 5.19. The average molecular weight is 354 g/mol. The number of aromatic nitrogens is 1. The molecule has 1 fully saturated rings. The Hall–Kier alpha value is -2.60. The molecule has 128 valence electrons. The van der Waals surface area contributed by atoms with E-state index < -0.39 is 0 Å². The number of thioether (sulfide) groups is 1. The van der Waals surface area contributed by atoms with Crippen molar-refractivity contribution in [2.45, 2.75) is 20.3 Å². The van der Waals surface area contributed by atoms with E-state index >= 15 is 0 Å². The Balaban J connectivity index is 1.57. The van der Waals surface area contributed by atoms with Gasteiger partial charge in [0.15, 0.2) is 0 Å². The normalized spacial score (nSPS) is 15.5. The third kappa shape index (κ3) is 4.70. The van der Waals surface area contributed by atoms with Gasteiger partial charge < -0.3 is 4.74 Å². The largest absolute Gasteiger partial charge is 0.493 e. The summed E-state index contributed by atoms with van der Waals surface area (Å²) in [5.74, 6) is 0.405. The van der Waals surface area contributed by atoms with Gasteiger partial charge in [0.05, 0.1) is 11.5 Å². The Labute approximate surface area is 150 Å². The highest BCUT2D eigenvalue weighted by atomic mass is 32.2. The van der Waals surface area contributed by atoms with Crippen LogP contribution in [-0.2, 0) is 11.2 Å². The summed E-state index contributed by atoms with van der Waals surface area (Å²) in [5.41, 5.74) is 4.08. The molecule has 0 spiro atoms. The number of ether oxygens (including phenoxy) is 1. The fourth-order valence-corrected chi connectivity index (χ4v) is 3.24. The van der Waals surface area contributed by atoms with E-state index in [0.29, 0.717) is 11.5 Å². The van der Waals surface area contributed by atoms with Crippen molar-refractivity contribution in [2.75, 3.05) is 6.61 Å². The van der Waals surface area contributed by atoms with Gasteiger partial charge in [0.1, 0.15) is 5.75 Å². The summed E-state index contributed by atoms with van der Waals surface area (Å²) in [7, 11) is 0. The predicted molar refractivity (Wildman–Crippen MR) is 98.5 cm³/mol. The number of nitrogens with zero attached hydrogens (tertiary/aromatic N) is 1. The van der Waals surface area contributed by atoms with Gasteiger partial charge in [-0.2, -0.15) is 0 Å². The second-order valence-electron chi connectivity index (χ2n) is 5.80. The third-order valence-electron chi connectivity index (χ3n) is 3.60. The molecule has 0 aliphatic carbocycles. The summed E-state index contributed by atoms with van der Waals surface area (Å²) in [6.07, 6.45) is 2.43. The SMILES string of the molecule is Cc1cc(C)nc(CCOc2ccc(/C=C3\SC(=O)NC3=O)cc2)c1. The summed E-state index contributed by atoms with van der Waals surface area (Å²) in [5, 5.41) is 1.90. The van der Waals surface area contributed by atoms with E-state index in [1.54, 1.807) is 6.08 Å². The Morgan fingerprint density at radius 2 is 1.92 bits per heavy atom. The summed E-state index contributed by atoms with van der Waals surface area (Å²) < 4.78 is 5.75. The topological polar surface area (TPSA) is 68.3 Å². The van der Waals surface area contributed by atoms with Crippen molar-refractivity contribution >= 4 is 29.0 Å². The number of carbonyl (C=O) groups excluding carboxylic acids is 2. The highest BCUT2D eigenvalue weighted by Gasteiger charge is 2.24. The molecule has 5 nitrogen and oxygen atoms in total. The third-order valence-corrected chi connectivity index (χ3v) is 4.41. The van der Waals surface area contributed by atoms with E-state index in [1.807, 2.05) is 37.3 Å². The zero-order chi connectivity index (χ0) is 17.8. The van der Waals surface area contributed by atoms with E-state index in [1.165, 1.54) is 5.56 Å². The Bertz CT molecular complexity index is 824. The number of amides is 2. The number of rotatable bonds is 5. The van der Waals surface area contributed by atoms with Crippen molar-refractivity contribution in [1.82, 2.24) is 10.3 Å². The van der Waals surface area contributed by atoms with Crippen LogP contribution in [-0.4, -0.2) is 22.7 Å². The number of hydrogen-bond acceptors (Lipinski definition) is 5. The van der Waals surface area contributed by atoms with Gasteiger partial charge in [0.25, 0.3) is 11.1 Å². The molecule has 1 aliphatic heterocycles. The molecule has 0 atom stereocenters. The van der Waals surface area contributed by atoms with Crippen LogP contribution in [0.5, 0.6) is 5.75 Å². The van der Waals surface area contributed by atoms with Gasteiger partial charge in [0, 0.05) is 17.8 Å². The quantitative estimate of drug-likeness (QED) is 0.830. The second kappa shape index (κ2) is 7.53. The van der Waals surface area contributed by atoms with E-state index in [9.17, 15) is 9.59 Å². The smallest absolute Gasteiger partial charge is 0.290 e. The molecule has 0 bridgehead atoms. The minimum atomic E-state index is -0.351. The first kappa shape index (κ1) is 17.2. The van der Waals surface area contributed by atoms with Gasteiger partial charge in [-0.25, -0.2) is 0 Å². The lowest BCUT2D eigenvalue weighted by molar-refractivity contribution is -0.115. The van der Waals surface area contributed by atoms with Crippen LogP contribution in [0.2, 0.25) is 0 Å². The van der Waals surface area contributed by atoms with E-state index in [0.717, 1.165) is 40.9 Å². The van der Waals surface area contributed by atoms with Crippen molar-refractivity contribution in [1.29, 1.82) is 0 Å². The van der Waals surface area contributed by atoms with Crippen molar-refractivity contribution in [3.05, 3.63) is 63.8 Å². The number of aryl methyl sites for hydroxylation is 2. The van der Waals surface area contributed by atoms with Gasteiger partial charge in [-0.15, -0.1) is 0 Å². The average Bonchev–Trinajstić information content (AvgIpc) is 2.86. The molecule has 0 saturated carbocycles. The van der Waals surface area contributed by atoms with Crippen LogP contribution < -0.4 is 10.1 Å². The van der Waals surface area contributed by atoms with Crippen LogP contribution in [0.4, 0.5) is 4.79 Å². The molecule has 1 aliphatic rings. The van der Waals surface area contributed by atoms with Gasteiger partial charge in [-0.1, -0.05) is 12.1 Å². The van der Waals surface area contributed by atoms with Crippen LogP contribution in [0.15, 0.2) is 41.3 Å². The van der Waals surface area contributed by atoms with E-state index in [2.05, 4.69) is 23.3 Å². The standard InChI is InChI=1S/C19H18N2O3S/c1-12-9-13(2)20-15(10-12)7-8-24-16-5-3-14(4-6-16)11-17-18(22)21-19(23)25-17/h3-6,9-11H,7-8H2,1-2H3,(H,21,22,23)/b17-11-. The predicted octanol–water partition coefficient (Wildman–Crippen LogP) is 3.64. The number of benzene rings is 1. The zero-order valence-electron chi connectivity index (χ0n) is 14.0. The summed E-state index contributed by atoms with van der Waals surface area (Å²) in [6.45, 7) is 4.59. The van der Waals surface area contributed by atoms with Crippen molar-refractivity contribution in [2.24, 2.45) is 0 Å². The van der Waals surface area contributed by atoms with Crippen LogP contribution in [0.3, 0.4) is 0 Å². The zero-order valence-corrected chi connectivity index (χ0v) is 14.9. The van der Waals surface area contributed by atoms with E-state index in [4.69, 9.17) is 4.74 Å².